The van der Waals surface area contributed by atoms with E-state index >= 15 is 0 Å². The summed E-state index contributed by atoms with van der Waals surface area (Å²) >= 11 is 0. The van der Waals surface area contributed by atoms with Crippen LogP contribution in [-0.2, 0) is 24.2 Å². The number of nitrogens with one attached hydrogen (secondary N) is 1. The first-order valence-electron chi connectivity index (χ1n) is 11.4. The van der Waals surface area contributed by atoms with E-state index in [1.54, 1.807) is 0 Å². The minimum Gasteiger partial charge on any atom is -0.366 e. The van der Waals surface area contributed by atoms with Gasteiger partial charge in [0.1, 0.15) is 0 Å². The van der Waals surface area contributed by atoms with Crippen molar-refractivity contribution in [3.63, 3.8) is 0 Å². The van der Waals surface area contributed by atoms with E-state index in [9.17, 15) is 9.59 Å². The number of primary amides is 1. The third-order valence-corrected chi connectivity index (χ3v) is 7.37. The third kappa shape index (κ3) is 4.09. The number of carbonyl (C=O) groups excluding carboxylic acids is 2. The van der Waals surface area contributed by atoms with E-state index in [1.165, 1.54) is 11.8 Å². The van der Waals surface area contributed by atoms with Crippen molar-refractivity contribution in [2.75, 3.05) is 6.54 Å². The van der Waals surface area contributed by atoms with Crippen molar-refractivity contribution in [3.8, 4) is 0 Å². The summed E-state index contributed by atoms with van der Waals surface area (Å²) in [5.74, 6) is -0.195. The number of pyridine rings is 1. The molecule has 2 amide bonds. The monoisotopic (exact) mass is 418 g/mol. The van der Waals surface area contributed by atoms with Gasteiger partial charge in [-0.05, 0) is 55.7 Å². The minimum atomic E-state index is -0.461. The molecule has 1 aromatic carbocycles. The molecule has 6 nitrogen and oxygen atoms in total. The van der Waals surface area contributed by atoms with Gasteiger partial charge in [-0.25, -0.2) is 0 Å². The Morgan fingerprint density at radius 1 is 1.16 bits per heavy atom. The Morgan fingerprint density at radius 3 is 2.77 bits per heavy atom. The number of nitrogens with zero attached hydrogens (tertiary/aromatic N) is 2. The lowest BCUT2D eigenvalue weighted by molar-refractivity contribution is -0.144. The van der Waals surface area contributed by atoms with Gasteiger partial charge in [-0.1, -0.05) is 36.8 Å². The quantitative estimate of drug-likeness (QED) is 0.746. The predicted molar refractivity (Wildman–Crippen MR) is 118 cm³/mol. The van der Waals surface area contributed by atoms with Gasteiger partial charge in [0.2, 0.25) is 11.8 Å². The van der Waals surface area contributed by atoms with Crippen LogP contribution < -0.4 is 11.1 Å². The van der Waals surface area contributed by atoms with Crippen LogP contribution in [0.2, 0.25) is 0 Å². The first-order valence-corrected chi connectivity index (χ1v) is 11.4. The summed E-state index contributed by atoms with van der Waals surface area (Å²) in [6.07, 6.45) is 8.20. The number of aromatic nitrogens is 1. The van der Waals surface area contributed by atoms with Crippen LogP contribution in [0, 0.1) is 5.41 Å². The van der Waals surface area contributed by atoms with Crippen molar-refractivity contribution in [1.29, 1.82) is 0 Å². The molecule has 0 radical (unpaired) electrons. The molecule has 3 atom stereocenters. The number of hydrogen-bond donors (Lipinski definition) is 2. The maximum Gasteiger partial charge on any atom is 0.250 e. The molecule has 0 bridgehead atoms. The zero-order valence-corrected chi connectivity index (χ0v) is 17.8. The van der Waals surface area contributed by atoms with Crippen LogP contribution in [0.5, 0.6) is 0 Å². The van der Waals surface area contributed by atoms with Gasteiger partial charge in [-0.3, -0.25) is 14.6 Å². The molecule has 0 spiro atoms. The van der Waals surface area contributed by atoms with Crippen LogP contribution in [0.1, 0.15) is 59.3 Å². The molecule has 6 heteroatoms. The largest absolute Gasteiger partial charge is 0.366 e. The number of amides is 2. The molecule has 2 aromatic rings. The van der Waals surface area contributed by atoms with Crippen molar-refractivity contribution in [1.82, 2.24) is 15.2 Å². The average molecular weight is 419 g/mol. The molecule has 1 aromatic heterocycles. The Hall–Kier alpha value is -2.73. The van der Waals surface area contributed by atoms with E-state index in [0.29, 0.717) is 37.2 Å². The van der Waals surface area contributed by atoms with E-state index in [2.05, 4.69) is 34.6 Å². The molecule has 3 heterocycles. The van der Waals surface area contributed by atoms with E-state index in [1.807, 2.05) is 17.0 Å². The van der Waals surface area contributed by atoms with Crippen LogP contribution in [0.4, 0.5) is 0 Å². The molecule has 1 saturated heterocycles. The summed E-state index contributed by atoms with van der Waals surface area (Å²) in [5.41, 5.74) is 8.63. The minimum absolute atomic E-state index is 0.266. The van der Waals surface area contributed by atoms with Crippen LogP contribution in [0.25, 0.3) is 0 Å². The fraction of sp³-hybridized carbons (Fsp3) is 0.480. The van der Waals surface area contributed by atoms with Crippen LogP contribution >= 0.6 is 0 Å². The maximum atomic E-state index is 14.1. The van der Waals surface area contributed by atoms with Gasteiger partial charge in [0, 0.05) is 24.8 Å². The Labute approximate surface area is 183 Å². The van der Waals surface area contributed by atoms with Crippen molar-refractivity contribution >= 4 is 11.8 Å². The molecule has 162 valence electrons. The van der Waals surface area contributed by atoms with Gasteiger partial charge < -0.3 is 16.0 Å². The molecule has 5 rings (SSSR count). The normalized spacial score (nSPS) is 27.4. The molecular weight excluding hydrogens is 388 g/mol. The predicted octanol–water partition coefficient (Wildman–Crippen LogP) is 2.60. The van der Waals surface area contributed by atoms with Gasteiger partial charge >= 0.3 is 0 Å². The number of nitrogens with two attached hydrogens (primary N) is 1. The smallest absolute Gasteiger partial charge is 0.250 e. The van der Waals surface area contributed by atoms with Gasteiger partial charge in [0.25, 0.3) is 0 Å². The highest BCUT2D eigenvalue weighted by Gasteiger charge is 2.46. The van der Waals surface area contributed by atoms with Crippen molar-refractivity contribution in [3.05, 3.63) is 65.0 Å². The van der Waals surface area contributed by atoms with E-state index < -0.39 is 5.91 Å². The average Bonchev–Trinajstić information content (AvgIpc) is 3.52. The van der Waals surface area contributed by atoms with Gasteiger partial charge in [0.05, 0.1) is 23.2 Å². The van der Waals surface area contributed by atoms with Gasteiger partial charge in [-0.15, -0.1) is 0 Å². The molecule has 2 aliphatic heterocycles. The lowest BCUT2D eigenvalue weighted by Gasteiger charge is -2.40. The lowest BCUT2D eigenvalue weighted by Crippen LogP contribution is -2.48. The molecule has 2 fully saturated rings. The zero-order valence-electron chi connectivity index (χ0n) is 17.8. The van der Waals surface area contributed by atoms with Crippen LogP contribution in [0.3, 0.4) is 0 Å². The summed E-state index contributed by atoms with van der Waals surface area (Å²) in [5, 5.41) is 3.59. The highest BCUT2D eigenvalue weighted by Crippen LogP contribution is 2.42. The Morgan fingerprint density at radius 2 is 1.97 bits per heavy atom. The molecular formula is C25H30N4O2. The van der Waals surface area contributed by atoms with Crippen LogP contribution in [-0.4, -0.2) is 40.3 Å². The van der Waals surface area contributed by atoms with Gasteiger partial charge in [0.15, 0.2) is 0 Å². The van der Waals surface area contributed by atoms with E-state index in [0.717, 1.165) is 49.8 Å². The fourth-order valence-electron chi connectivity index (χ4n) is 5.51. The van der Waals surface area contributed by atoms with Gasteiger partial charge in [-0.2, -0.15) is 0 Å². The lowest BCUT2D eigenvalue weighted by atomic mass is 9.71. The Bertz CT molecular complexity index is 992. The summed E-state index contributed by atoms with van der Waals surface area (Å²) in [4.78, 5) is 32.0. The summed E-state index contributed by atoms with van der Waals surface area (Å²) < 4.78 is 0. The van der Waals surface area contributed by atoms with Crippen LogP contribution in [0.15, 0.2) is 42.6 Å². The Kier molecular flexibility index (Phi) is 5.26. The van der Waals surface area contributed by atoms with E-state index in [4.69, 9.17) is 5.73 Å². The first kappa shape index (κ1) is 20.2. The van der Waals surface area contributed by atoms with E-state index in [-0.39, 0.29) is 11.3 Å². The number of hydrogen-bond acceptors (Lipinski definition) is 4. The summed E-state index contributed by atoms with van der Waals surface area (Å²) in [6.45, 7) is 1.17. The zero-order chi connectivity index (χ0) is 21.4. The molecule has 3 unspecified atom stereocenters. The van der Waals surface area contributed by atoms with Crippen molar-refractivity contribution < 1.29 is 9.59 Å². The standard InChI is InChI=1S/C25H30N4O2/c26-23(30)19-13-18-9-12-29(16-22(18)27-15-19)24(31)25(14-17-5-2-1-3-6-17)10-4-7-20-21(28-20)8-11-25/h1-3,5-6,13,15,20-21,28H,4,7-12,14,16H2,(H2,26,30). The fourth-order valence-corrected chi connectivity index (χ4v) is 5.51. The maximum absolute atomic E-state index is 14.1. The molecule has 3 N–H and O–H groups in total. The highest BCUT2D eigenvalue weighted by molar-refractivity contribution is 5.92. The number of fused-ring (bicyclic) bond motifs is 2. The number of carbonyl (C=O) groups is 2. The van der Waals surface area contributed by atoms with Crippen molar-refractivity contribution in [2.24, 2.45) is 11.1 Å². The molecule has 3 aliphatic rings. The second-order valence-electron chi connectivity index (χ2n) is 9.42. The number of benzene rings is 1. The summed E-state index contributed by atoms with van der Waals surface area (Å²) in [7, 11) is 0. The third-order valence-electron chi connectivity index (χ3n) is 7.37. The topological polar surface area (TPSA) is 98.2 Å². The molecule has 1 saturated carbocycles. The molecule has 31 heavy (non-hydrogen) atoms. The highest BCUT2D eigenvalue weighted by atomic mass is 16.2. The van der Waals surface area contributed by atoms with Crippen molar-refractivity contribution in [2.45, 2.75) is 63.6 Å². The summed E-state index contributed by atoms with van der Waals surface area (Å²) in [6, 6.07) is 13.5. The first-order chi connectivity index (χ1) is 15.0. The Balaban J connectivity index is 1.40. The second-order valence-corrected chi connectivity index (χ2v) is 9.42. The number of rotatable bonds is 4. The SMILES string of the molecule is NC(=O)c1cnc2c(c1)CCN(C(=O)C1(Cc3ccccc3)CCCC3NC3CC1)C2. The second kappa shape index (κ2) is 8.08. The molecule has 1 aliphatic carbocycles.